The van der Waals surface area contributed by atoms with Crippen molar-refractivity contribution in [3.8, 4) is 11.8 Å². The van der Waals surface area contributed by atoms with E-state index in [9.17, 15) is 0 Å². The first-order chi connectivity index (χ1) is 10.3. The number of nitrogen functional groups attached to an aromatic ring is 1. The molecule has 0 saturated carbocycles. The highest BCUT2D eigenvalue weighted by atomic mass is 32.1. The predicted molar refractivity (Wildman–Crippen MR) is 82.1 cm³/mol. The third kappa shape index (κ3) is 2.57. The van der Waals surface area contributed by atoms with Gasteiger partial charge in [0.15, 0.2) is 5.82 Å². The Kier molecular flexibility index (Phi) is 3.53. The number of aromatic nitrogens is 3. The van der Waals surface area contributed by atoms with Crippen LogP contribution in [0.15, 0.2) is 42.7 Å². The number of para-hydroxylation sites is 1. The fraction of sp³-hybridized carbons (Fsp3) is 0.0714. The van der Waals surface area contributed by atoms with E-state index in [0.717, 1.165) is 11.3 Å². The number of nitriles is 1. The van der Waals surface area contributed by atoms with E-state index in [1.807, 2.05) is 41.2 Å². The topological polar surface area (TPSA) is 92.5 Å². The average molecular weight is 296 g/mol. The number of nitrogens with zero attached hydrogens (tertiary/aromatic N) is 4. The molecule has 3 aromatic rings. The maximum Gasteiger partial charge on any atom is 0.157 e. The molecule has 0 bridgehead atoms. The van der Waals surface area contributed by atoms with Gasteiger partial charge in [-0.2, -0.15) is 14.7 Å². The lowest BCUT2D eigenvalue weighted by atomic mass is 10.2. The quantitative estimate of drug-likeness (QED) is 0.771. The summed E-state index contributed by atoms with van der Waals surface area (Å²) in [6, 6.07) is 11.9. The van der Waals surface area contributed by atoms with Crippen LogP contribution < -0.4 is 11.1 Å². The van der Waals surface area contributed by atoms with Crippen molar-refractivity contribution in [1.29, 1.82) is 5.26 Å². The lowest BCUT2D eigenvalue weighted by molar-refractivity contribution is 0.864. The number of benzene rings is 1. The van der Waals surface area contributed by atoms with Gasteiger partial charge in [-0.3, -0.25) is 0 Å². The van der Waals surface area contributed by atoms with Gasteiger partial charge in [-0.05, 0) is 29.2 Å². The molecular weight excluding hydrogens is 284 g/mol. The van der Waals surface area contributed by atoms with Crippen molar-refractivity contribution in [1.82, 2.24) is 14.2 Å². The Bertz CT molecular complexity index is 784. The maximum absolute atomic E-state index is 9.07. The summed E-state index contributed by atoms with van der Waals surface area (Å²) in [7, 11) is 0. The zero-order valence-electron chi connectivity index (χ0n) is 11.0. The van der Waals surface area contributed by atoms with Gasteiger partial charge in [0.25, 0.3) is 0 Å². The van der Waals surface area contributed by atoms with Gasteiger partial charge in [0.05, 0.1) is 5.69 Å². The fourth-order valence-electron chi connectivity index (χ4n) is 2.00. The van der Waals surface area contributed by atoms with E-state index in [2.05, 4.69) is 20.9 Å². The van der Waals surface area contributed by atoms with E-state index < -0.39 is 0 Å². The molecule has 0 aliphatic rings. The Morgan fingerprint density at radius 1 is 1.33 bits per heavy atom. The van der Waals surface area contributed by atoms with Crippen LogP contribution >= 0.6 is 11.5 Å². The molecule has 6 nitrogen and oxygen atoms in total. The number of nitrogens with two attached hydrogens (primary N) is 1. The molecule has 0 amide bonds. The van der Waals surface area contributed by atoms with Gasteiger partial charge < -0.3 is 11.1 Å². The first-order valence-electron chi connectivity index (χ1n) is 6.26. The van der Waals surface area contributed by atoms with Gasteiger partial charge in [-0.15, -0.1) is 0 Å². The third-order valence-electron chi connectivity index (χ3n) is 3.01. The van der Waals surface area contributed by atoms with Gasteiger partial charge in [-0.25, -0.2) is 4.68 Å². The summed E-state index contributed by atoms with van der Waals surface area (Å²) in [4.78, 5) is 0. The van der Waals surface area contributed by atoms with Gasteiger partial charge >= 0.3 is 0 Å². The predicted octanol–water partition coefficient (Wildman–Crippen LogP) is 2.39. The van der Waals surface area contributed by atoms with Crippen LogP contribution in [0.3, 0.4) is 0 Å². The molecular formula is C14H12N6S. The molecule has 0 unspecified atom stereocenters. The molecule has 0 fully saturated rings. The number of hydrogen-bond acceptors (Lipinski definition) is 6. The van der Waals surface area contributed by atoms with Crippen molar-refractivity contribution in [3.63, 3.8) is 0 Å². The molecule has 7 heteroatoms. The standard InChI is InChI=1S/C14H12N6S/c15-8-11-13(16)19-21-14(11)17-9-10-4-1-2-5-12(10)20-7-3-6-18-20/h1-7,17H,9H2,(H2,16,19). The minimum atomic E-state index is 0.269. The molecule has 0 atom stereocenters. The van der Waals surface area contributed by atoms with Gasteiger partial charge in [0, 0.05) is 18.9 Å². The van der Waals surface area contributed by atoms with Gasteiger partial charge in [0.1, 0.15) is 16.6 Å². The summed E-state index contributed by atoms with van der Waals surface area (Å²) in [5.74, 6) is 0.269. The summed E-state index contributed by atoms with van der Waals surface area (Å²) in [6.45, 7) is 0.562. The summed E-state index contributed by atoms with van der Waals surface area (Å²) in [5, 5.41) is 17.2. The monoisotopic (exact) mass is 296 g/mol. The van der Waals surface area contributed by atoms with E-state index >= 15 is 0 Å². The molecule has 21 heavy (non-hydrogen) atoms. The Labute approximate surface area is 125 Å². The second-order valence-electron chi connectivity index (χ2n) is 4.32. The summed E-state index contributed by atoms with van der Waals surface area (Å²) in [5.41, 5.74) is 8.11. The van der Waals surface area contributed by atoms with Gasteiger partial charge in [-0.1, -0.05) is 18.2 Å². The number of hydrogen-bond donors (Lipinski definition) is 2. The number of nitrogens with one attached hydrogen (secondary N) is 1. The van der Waals surface area contributed by atoms with Crippen molar-refractivity contribution < 1.29 is 0 Å². The van der Waals surface area contributed by atoms with Crippen LogP contribution in [0.2, 0.25) is 0 Å². The van der Waals surface area contributed by atoms with Crippen molar-refractivity contribution in [2.24, 2.45) is 0 Å². The molecule has 0 radical (unpaired) electrons. The van der Waals surface area contributed by atoms with Gasteiger partial charge in [0.2, 0.25) is 0 Å². The van der Waals surface area contributed by atoms with Crippen molar-refractivity contribution in [2.75, 3.05) is 11.1 Å². The maximum atomic E-state index is 9.07. The van der Waals surface area contributed by atoms with E-state index in [1.54, 1.807) is 6.20 Å². The van der Waals surface area contributed by atoms with Crippen LogP contribution in [0.1, 0.15) is 11.1 Å². The van der Waals surface area contributed by atoms with E-state index in [1.165, 1.54) is 11.5 Å². The molecule has 0 aliphatic carbocycles. The minimum absolute atomic E-state index is 0.269. The Morgan fingerprint density at radius 2 is 2.19 bits per heavy atom. The molecule has 3 N–H and O–H groups in total. The first kappa shape index (κ1) is 13.1. The second-order valence-corrected chi connectivity index (χ2v) is 5.09. The molecule has 104 valence electrons. The molecule has 0 aliphatic heterocycles. The molecule has 2 heterocycles. The highest BCUT2D eigenvalue weighted by Gasteiger charge is 2.11. The lowest BCUT2D eigenvalue weighted by Gasteiger charge is -2.10. The van der Waals surface area contributed by atoms with Crippen LogP contribution in [0, 0.1) is 11.3 Å². The van der Waals surface area contributed by atoms with E-state index in [0.29, 0.717) is 17.1 Å². The third-order valence-corrected chi connectivity index (χ3v) is 3.83. The first-order valence-corrected chi connectivity index (χ1v) is 7.04. The Hall–Kier alpha value is -2.85. The smallest absolute Gasteiger partial charge is 0.157 e. The van der Waals surface area contributed by atoms with Crippen LogP contribution in [-0.2, 0) is 6.54 Å². The largest absolute Gasteiger partial charge is 0.382 e. The van der Waals surface area contributed by atoms with Crippen molar-refractivity contribution in [2.45, 2.75) is 6.54 Å². The van der Waals surface area contributed by atoms with E-state index in [-0.39, 0.29) is 5.82 Å². The fourth-order valence-corrected chi connectivity index (χ4v) is 2.66. The summed E-state index contributed by atoms with van der Waals surface area (Å²) >= 11 is 1.19. The van der Waals surface area contributed by atoms with Crippen LogP contribution in [0.5, 0.6) is 0 Å². The zero-order valence-corrected chi connectivity index (χ0v) is 11.8. The van der Waals surface area contributed by atoms with Crippen LogP contribution in [-0.4, -0.2) is 14.2 Å². The SMILES string of the molecule is N#Cc1c(N)nsc1NCc1ccccc1-n1cccn1. The van der Waals surface area contributed by atoms with Crippen molar-refractivity contribution >= 4 is 22.4 Å². The minimum Gasteiger partial charge on any atom is -0.382 e. The van der Waals surface area contributed by atoms with E-state index in [4.69, 9.17) is 11.0 Å². The average Bonchev–Trinajstić information content (AvgIpc) is 3.15. The summed E-state index contributed by atoms with van der Waals surface area (Å²) < 4.78 is 5.80. The summed E-state index contributed by atoms with van der Waals surface area (Å²) in [6.07, 6.45) is 3.63. The van der Waals surface area contributed by atoms with Crippen LogP contribution in [0.25, 0.3) is 5.69 Å². The van der Waals surface area contributed by atoms with Crippen molar-refractivity contribution in [3.05, 3.63) is 53.9 Å². The normalized spacial score (nSPS) is 10.2. The molecule has 0 spiro atoms. The number of anilines is 2. The zero-order chi connectivity index (χ0) is 14.7. The van der Waals surface area contributed by atoms with Crippen LogP contribution in [0.4, 0.5) is 10.8 Å². The molecule has 2 aromatic heterocycles. The molecule has 0 saturated heterocycles. The highest BCUT2D eigenvalue weighted by Crippen LogP contribution is 2.26. The highest BCUT2D eigenvalue weighted by molar-refractivity contribution is 7.10. The lowest BCUT2D eigenvalue weighted by Crippen LogP contribution is -2.05. The Balaban J connectivity index is 1.85. The molecule has 1 aromatic carbocycles. The Morgan fingerprint density at radius 3 is 2.95 bits per heavy atom. The second kappa shape index (κ2) is 5.64. The number of rotatable bonds is 4. The molecule has 3 rings (SSSR count).